The van der Waals surface area contributed by atoms with Crippen molar-refractivity contribution >= 4 is 11.7 Å². The van der Waals surface area contributed by atoms with E-state index < -0.39 is 11.8 Å². The Bertz CT molecular complexity index is 670. The fraction of sp³-hybridized carbons (Fsp3) is 0.235. The molecule has 0 saturated heterocycles. The van der Waals surface area contributed by atoms with E-state index in [1.807, 2.05) is 30.3 Å². The molecule has 22 heavy (non-hydrogen) atoms. The van der Waals surface area contributed by atoms with Crippen molar-refractivity contribution in [2.75, 3.05) is 12.8 Å². The van der Waals surface area contributed by atoms with Crippen molar-refractivity contribution in [3.8, 4) is 5.75 Å². The van der Waals surface area contributed by atoms with Crippen LogP contribution in [0.2, 0.25) is 0 Å². The molecular formula is C17H18FNO3. The molecule has 5 heteroatoms. The highest BCUT2D eigenvalue weighted by molar-refractivity contribution is 5.98. The van der Waals surface area contributed by atoms with Crippen LogP contribution in [0.4, 0.5) is 10.1 Å². The molecule has 0 saturated carbocycles. The van der Waals surface area contributed by atoms with E-state index in [-0.39, 0.29) is 29.2 Å². The number of nitrogens with two attached hydrogens (primary N) is 1. The molecule has 0 spiro atoms. The fourth-order valence-electron chi connectivity index (χ4n) is 2.22. The van der Waals surface area contributed by atoms with Crippen molar-refractivity contribution in [3.63, 3.8) is 0 Å². The summed E-state index contributed by atoms with van der Waals surface area (Å²) in [6, 6.07) is 9.41. The third-order valence-corrected chi connectivity index (χ3v) is 3.53. The molecule has 0 amide bonds. The number of carbonyl (C=O) groups is 1. The maximum Gasteiger partial charge on any atom is 0.340 e. The number of benzene rings is 2. The summed E-state index contributed by atoms with van der Waals surface area (Å²) in [5.74, 6) is -1.19. The third kappa shape index (κ3) is 2.88. The molecule has 116 valence electrons. The van der Waals surface area contributed by atoms with Gasteiger partial charge in [0, 0.05) is 11.1 Å². The van der Waals surface area contributed by atoms with Crippen LogP contribution in [-0.4, -0.2) is 13.1 Å². The first-order chi connectivity index (χ1) is 10.5. The highest BCUT2D eigenvalue weighted by Gasteiger charge is 2.24. The second-order valence-electron chi connectivity index (χ2n) is 4.95. The van der Waals surface area contributed by atoms with Gasteiger partial charge in [-0.2, -0.15) is 0 Å². The molecule has 0 aliphatic heterocycles. The minimum Gasteiger partial charge on any atom is -0.485 e. The minimum absolute atomic E-state index is 0.0459. The maximum absolute atomic E-state index is 14.5. The van der Waals surface area contributed by atoms with Crippen molar-refractivity contribution in [1.29, 1.82) is 0 Å². The lowest BCUT2D eigenvalue weighted by molar-refractivity contribution is 0.0600. The number of hydrogen-bond donors (Lipinski definition) is 1. The standard InChI is InChI=1S/C17H18FNO3/c1-10-13(17(20)21-3)15(19)11(2)16(14(10)18)22-9-12-7-5-4-6-8-12/h4-8H,9,19H2,1-3H3. The van der Waals surface area contributed by atoms with E-state index >= 15 is 0 Å². The Kier molecular flexibility index (Phi) is 4.65. The molecular weight excluding hydrogens is 285 g/mol. The molecule has 2 N–H and O–H groups in total. The number of anilines is 1. The van der Waals surface area contributed by atoms with Gasteiger partial charge in [-0.15, -0.1) is 0 Å². The Morgan fingerprint density at radius 1 is 1.18 bits per heavy atom. The summed E-state index contributed by atoms with van der Waals surface area (Å²) < 4.78 is 24.7. The fourth-order valence-corrected chi connectivity index (χ4v) is 2.22. The van der Waals surface area contributed by atoms with Crippen LogP contribution in [0, 0.1) is 19.7 Å². The van der Waals surface area contributed by atoms with Crippen molar-refractivity contribution in [2.24, 2.45) is 0 Å². The van der Waals surface area contributed by atoms with Crippen molar-refractivity contribution in [1.82, 2.24) is 0 Å². The molecule has 2 aromatic carbocycles. The zero-order chi connectivity index (χ0) is 16.3. The summed E-state index contributed by atoms with van der Waals surface area (Å²) in [4.78, 5) is 11.7. The Balaban J connectivity index is 2.39. The van der Waals surface area contributed by atoms with Crippen LogP contribution in [0.15, 0.2) is 30.3 Å². The summed E-state index contributed by atoms with van der Waals surface area (Å²) in [5, 5.41) is 0. The van der Waals surface area contributed by atoms with Crippen LogP contribution in [0.25, 0.3) is 0 Å². The molecule has 2 rings (SSSR count). The van der Waals surface area contributed by atoms with Crippen LogP contribution in [0.5, 0.6) is 5.75 Å². The van der Waals surface area contributed by atoms with Gasteiger partial charge in [0.05, 0.1) is 18.4 Å². The molecule has 0 aromatic heterocycles. The molecule has 0 heterocycles. The topological polar surface area (TPSA) is 61.5 Å². The summed E-state index contributed by atoms with van der Waals surface area (Å²) in [6.07, 6.45) is 0. The molecule has 2 aromatic rings. The van der Waals surface area contributed by atoms with Crippen molar-refractivity contribution in [2.45, 2.75) is 20.5 Å². The van der Waals surface area contributed by atoms with E-state index in [1.165, 1.54) is 14.0 Å². The maximum atomic E-state index is 14.5. The third-order valence-electron chi connectivity index (χ3n) is 3.53. The first kappa shape index (κ1) is 15.8. The van der Waals surface area contributed by atoms with E-state index in [0.29, 0.717) is 5.56 Å². The summed E-state index contributed by atoms with van der Waals surface area (Å²) >= 11 is 0. The van der Waals surface area contributed by atoms with Gasteiger partial charge >= 0.3 is 5.97 Å². The minimum atomic E-state index is -0.661. The Morgan fingerprint density at radius 3 is 2.41 bits per heavy atom. The smallest absolute Gasteiger partial charge is 0.340 e. The first-order valence-electron chi connectivity index (χ1n) is 6.80. The largest absolute Gasteiger partial charge is 0.485 e. The second kappa shape index (κ2) is 6.47. The number of esters is 1. The van der Waals surface area contributed by atoms with E-state index in [0.717, 1.165) is 5.56 Å². The normalized spacial score (nSPS) is 10.4. The highest BCUT2D eigenvalue weighted by Crippen LogP contribution is 2.34. The van der Waals surface area contributed by atoms with Gasteiger partial charge in [-0.25, -0.2) is 9.18 Å². The summed E-state index contributed by atoms with van der Waals surface area (Å²) in [7, 11) is 1.23. The predicted octanol–water partition coefficient (Wildman–Crippen LogP) is 3.39. The zero-order valence-electron chi connectivity index (χ0n) is 12.8. The number of carbonyl (C=O) groups excluding carboxylic acids is 1. The van der Waals surface area contributed by atoms with Crippen molar-refractivity contribution < 1.29 is 18.7 Å². The number of nitrogen functional groups attached to an aromatic ring is 1. The lowest BCUT2D eigenvalue weighted by Crippen LogP contribution is -2.13. The van der Waals surface area contributed by atoms with Gasteiger partial charge in [-0.05, 0) is 19.4 Å². The van der Waals surface area contributed by atoms with E-state index in [1.54, 1.807) is 6.92 Å². The number of hydrogen-bond acceptors (Lipinski definition) is 4. The Hall–Kier alpha value is -2.56. The van der Waals surface area contributed by atoms with Gasteiger partial charge in [0.2, 0.25) is 0 Å². The SMILES string of the molecule is COC(=O)c1c(C)c(F)c(OCc2ccccc2)c(C)c1N. The van der Waals surface area contributed by atoms with E-state index in [4.69, 9.17) is 10.5 Å². The number of rotatable bonds is 4. The number of ether oxygens (including phenoxy) is 2. The molecule has 0 fully saturated rings. The molecule has 0 radical (unpaired) electrons. The first-order valence-corrected chi connectivity index (χ1v) is 6.80. The van der Waals surface area contributed by atoms with E-state index in [9.17, 15) is 9.18 Å². The zero-order valence-corrected chi connectivity index (χ0v) is 12.8. The average Bonchev–Trinajstić information content (AvgIpc) is 2.54. The lowest BCUT2D eigenvalue weighted by atomic mass is 10.0. The Labute approximate surface area is 128 Å². The van der Waals surface area contributed by atoms with Crippen LogP contribution >= 0.6 is 0 Å². The molecule has 0 unspecified atom stereocenters. The average molecular weight is 303 g/mol. The Morgan fingerprint density at radius 2 is 1.82 bits per heavy atom. The van der Waals surface area contributed by atoms with Gasteiger partial charge in [-0.1, -0.05) is 30.3 Å². The van der Waals surface area contributed by atoms with Gasteiger partial charge < -0.3 is 15.2 Å². The van der Waals surface area contributed by atoms with E-state index in [2.05, 4.69) is 4.74 Å². The van der Waals surface area contributed by atoms with Gasteiger partial charge in [0.25, 0.3) is 0 Å². The van der Waals surface area contributed by atoms with Gasteiger partial charge in [-0.3, -0.25) is 0 Å². The van der Waals surface area contributed by atoms with Gasteiger partial charge in [0.15, 0.2) is 11.6 Å². The summed E-state index contributed by atoms with van der Waals surface area (Å²) in [6.45, 7) is 3.31. The monoisotopic (exact) mass is 303 g/mol. The van der Waals surface area contributed by atoms with Crippen LogP contribution in [-0.2, 0) is 11.3 Å². The predicted molar refractivity (Wildman–Crippen MR) is 82.4 cm³/mol. The molecule has 0 atom stereocenters. The summed E-state index contributed by atoms with van der Waals surface area (Å²) in [5.41, 5.74) is 7.59. The van der Waals surface area contributed by atoms with Crippen LogP contribution in [0.1, 0.15) is 27.0 Å². The molecule has 0 aliphatic carbocycles. The number of methoxy groups -OCH3 is 1. The van der Waals surface area contributed by atoms with Gasteiger partial charge in [0.1, 0.15) is 6.61 Å². The number of halogens is 1. The molecule has 0 aliphatic rings. The lowest BCUT2D eigenvalue weighted by Gasteiger charge is -2.17. The van der Waals surface area contributed by atoms with Crippen LogP contribution in [0.3, 0.4) is 0 Å². The quantitative estimate of drug-likeness (QED) is 0.694. The molecule has 4 nitrogen and oxygen atoms in total. The van der Waals surface area contributed by atoms with Crippen molar-refractivity contribution in [3.05, 3.63) is 58.4 Å². The second-order valence-corrected chi connectivity index (χ2v) is 4.95. The van der Waals surface area contributed by atoms with Crippen LogP contribution < -0.4 is 10.5 Å². The molecule has 0 bridgehead atoms. The highest BCUT2D eigenvalue weighted by atomic mass is 19.1.